The number of methoxy groups -OCH3 is 1. The maximum absolute atomic E-state index is 11.5. The number of aliphatic hydroxyl groups is 1. The molecule has 1 aromatic heterocycles. The van der Waals surface area contributed by atoms with Crippen LogP contribution in [0.25, 0.3) is 0 Å². The van der Waals surface area contributed by atoms with Crippen molar-refractivity contribution in [3.8, 4) is 0 Å². The molecule has 0 bridgehead atoms. The van der Waals surface area contributed by atoms with Crippen LogP contribution in [-0.2, 0) is 4.74 Å². The van der Waals surface area contributed by atoms with Crippen molar-refractivity contribution in [1.29, 1.82) is 0 Å². The van der Waals surface area contributed by atoms with E-state index in [-0.39, 0.29) is 12.6 Å². The van der Waals surface area contributed by atoms with E-state index in [0.717, 1.165) is 24.2 Å². The summed E-state index contributed by atoms with van der Waals surface area (Å²) in [6, 6.07) is 8.99. The SMILES string of the molecule is COC(=O)c1ccc(Nc2cc(C3CC3)nc(NCCCO)n2)cc1. The molecule has 1 saturated carbocycles. The molecule has 2 aromatic rings. The second-order valence-corrected chi connectivity index (χ2v) is 5.97. The minimum absolute atomic E-state index is 0.132. The number of benzene rings is 1. The zero-order valence-electron chi connectivity index (χ0n) is 14.2. The number of hydrogen-bond acceptors (Lipinski definition) is 7. The van der Waals surface area contributed by atoms with Crippen molar-refractivity contribution in [3.05, 3.63) is 41.6 Å². The zero-order chi connectivity index (χ0) is 17.6. The highest BCUT2D eigenvalue weighted by molar-refractivity contribution is 5.89. The molecule has 0 amide bonds. The van der Waals surface area contributed by atoms with E-state index in [1.807, 2.05) is 18.2 Å². The molecule has 1 heterocycles. The summed E-state index contributed by atoms with van der Waals surface area (Å²) in [5.41, 5.74) is 2.35. The predicted octanol–water partition coefficient (Wildman–Crippen LogP) is 2.68. The highest BCUT2D eigenvalue weighted by Gasteiger charge is 2.26. The molecule has 0 aliphatic heterocycles. The molecule has 0 atom stereocenters. The Morgan fingerprint density at radius 2 is 2.04 bits per heavy atom. The Bertz CT molecular complexity index is 730. The maximum Gasteiger partial charge on any atom is 0.337 e. The molecule has 0 radical (unpaired) electrons. The number of aromatic nitrogens is 2. The first-order chi connectivity index (χ1) is 12.2. The Morgan fingerprint density at radius 1 is 1.28 bits per heavy atom. The van der Waals surface area contributed by atoms with Gasteiger partial charge in [0, 0.05) is 30.8 Å². The molecule has 0 spiro atoms. The van der Waals surface area contributed by atoms with E-state index in [1.165, 1.54) is 7.11 Å². The van der Waals surface area contributed by atoms with Crippen molar-refractivity contribution < 1.29 is 14.6 Å². The predicted molar refractivity (Wildman–Crippen MR) is 95.3 cm³/mol. The van der Waals surface area contributed by atoms with Crippen LogP contribution < -0.4 is 10.6 Å². The molecule has 3 rings (SSSR count). The summed E-state index contributed by atoms with van der Waals surface area (Å²) in [4.78, 5) is 20.5. The summed E-state index contributed by atoms with van der Waals surface area (Å²) in [6.07, 6.45) is 2.95. The highest BCUT2D eigenvalue weighted by Crippen LogP contribution is 2.40. The largest absolute Gasteiger partial charge is 0.465 e. The summed E-state index contributed by atoms with van der Waals surface area (Å²) < 4.78 is 4.70. The lowest BCUT2D eigenvalue weighted by Gasteiger charge is -2.11. The summed E-state index contributed by atoms with van der Waals surface area (Å²) in [5, 5.41) is 15.3. The second-order valence-electron chi connectivity index (χ2n) is 5.97. The number of ether oxygens (including phenoxy) is 1. The molecule has 1 aromatic carbocycles. The van der Waals surface area contributed by atoms with Crippen molar-refractivity contribution in [2.45, 2.75) is 25.2 Å². The first-order valence-electron chi connectivity index (χ1n) is 8.38. The van der Waals surface area contributed by atoms with Crippen molar-refractivity contribution in [1.82, 2.24) is 9.97 Å². The lowest BCUT2D eigenvalue weighted by Crippen LogP contribution is -2.09. The average molecular weight is 342 g/mol. The summed E-state index contributed by atoms with van der Waals surface area (Å²) >= 11 is 0. The molecule has 1 fully saturated rings. The van der Waals surface area contributed by atoms with Crippen LogP contribution in [-0.4, -0.2) is 41.3 Å². The first kappa shape index (κ1) is 17.2. The van der Waals surface area contributed by atoms with Crippen molar-refractivity contribution in [2.75, 3.05) is 30.9 Å². The van der Waals surface area contributed by atoms with Crippen LogP contribution in [0.5, 0.6) is 0 Å². The second kappa shape index (κ2) is 7.94. The van der Waals surface area contributed by atoms with E-state index < -0.39 is 0 Å². The van der Waals surface area contributed by atoms with Gasteiger partial charge in [-0.25, -0.2) is 9.78 Å². The molecule has 132 valence electrons. The number of hydrogen-bond donors (Lipinski definition) is 3. The average Bonchev–Trinajstić information content (AvgIpc) is 3.47. The van der Waals surface area contributed by atoms with Crippen LogP contribution in [0.2, 0.25) is 0 Å². The Hall–Kier alpha value is -2.67. The smallest absolute Gasteiger partial charge is 0.337 e. The maximum atomic E-state index is 11.5. The molecule has 7 heteroatoms. The molecule has 3 N–H and O–H groups in total. The molecule has 1 aliphatic rings. The van der Waals surface area contributed by atoms with Crippen LogP contribution in [0.15, 0.2) is 30.3 Å². The Kier molecular flexibility index (Phi) is 5.45. The van der Waals surface area contributed by atoms with Gasteiger partial charge in [0.2, 0.25) is 5.95 Å². The zero-order valence-corrected chi connectivity index (χ0v) is 14.2. The fourth-order valence-electron chi connectivity index (χ4n) is 2.43. The van der Waals surface area contributed by atoms with Crippen molar-refractivity contribution in [3.63, 3.8) is 0 Å². The minimum Gasteiger partial charge on any atom is -0.465 e. The number of carbonyl (C=O) groups excluding carboxylic acids is 1. The van der Waals surface area contributed by atoms with Gasteiger partial charge < -0.3 is 20.5 Å². The van der Waals surface area contributed by atoms with Gasteiger partial charge in [-0.1, -0.05) is 0 Å². The molecule has 7 nitrogen and oxygen atoms in total. The third-order valence-corrected chi connectivity index (χ3v) is 3.94. The van der Waals surface area contributed by atoms with Gasteiger partial charge in [-0.05, 0) is 43.5 Å². The first-order valence-corrected chi connectivity index (χ1v) is 8.38. The fraction of sp³-hybridized carbons (Fsp3) is 0.389. The highest BCUT2D eigenvalue weighted by atomic mass is 16.5. The molecule has 0 saturated heterocycles. The third kappa shape index (κ3) is 4.67. The Balaban J connectivity index is 1.75. The van der Waals surface area contributed by atoms with Crippen LogP contribution in [0.4, 0.5) is 17.5 Å². The van der Waals surface area contributed by atoms with Gasteiger partial charge in [0.1, 0.15) is 5.82 Å². The number of anilines is 3. The number of nitrogens with one attached hydrogen (secondary N) is 2. The normalized spacial score (nSPS) is 13.4. The van der Waals surface area contributed by atoms with Crippen LogP contribution in [0.3, 0.4) is 0 Å². The standard InChI is InChI=1S/C18H22N4O3/c1-25-17(24)13-5-7-14(8-6-13)20-16-11-15(12-3-4-12)21-18(22-16)19-9-2-10-23/h5-8,11-12,23H,2-4,9-10H2,1H3,(H2,19,20,21,22). The van der Waals surface area contributed by atoms with E-state index in [2.05, 4.69) is 20.6 Å². The van der Waals surface area contributed by atoms with E-state index in [0.29, 0.717) is 36.2 Å². The Labute approximate surface area is 146 Å². The number of esters is 1. The number of nitrogens with zero attached hydrogens (tertiary/aromatic N) is 2. The van der Waals surface area contributed by atoms with Gasteiger partial charge in [-0.2, -0.15) is 4.98 Å². The quantitative estimate of drug-likeness (QED) is 0.501. The third-order valence-electron chi connectivity index (χ3n) is 3.94. The summed E-state index contributed by atoms with van der Waals surface area (Å²) in [6.45, 7) is 0.755. The molecular weight excluding hydrogens is 320 g/mol. The van der Waals surface area contributed by atoms with E-state index in [9.17, 15) is 4.79 Å². The molecule has 0 unspecified atom stereocenters. The van der Waals surface area contributed by atoms with Gasteiger partial charge in [-0.3, -0.25) is 0 Å². The minimum atomic E-state index is -0.361. The molecular formula is C18H22N4O3. The fourth-order valence-corrected chi connectivity index (χ4v) is 2.43. The number of aliphatic hydroxyl groups excluding tert-OH is 1. The van der Waals surface area contributed by atoms with Crippen LogP contribution in [0.1, 0.15) is 41.2 Å². The van der Waals surface area contributed by atoms with E-state index in [4.69, 9.17) is 9.84 Å². The lowest BCUT2D eigenvalue weighted by atomic mass is 10.2. The molecule has 25 heavy (non-hydrogen) atoms. The van der Waals surface area contributed by atoms with Gasteiger partial charge in [0.05, 0.1) is 18.4 Å². The number of rotatable bonds is 8. The summed E-state index contributed by atoms with van der Waals surface area (Å²) in [7, 11) is 1.36. The van der Waals surface area contributed by atoms with Gasteiger partial charge in [0.25, 0.3) is 0 Å². The van der Waals surface area contributed by atoms with Crippen LogP contribution in [0, 0.1) is 0 Å². The van der Waals surface area contributed by atoms with E-state index in [1.54, 1.807) is 12.1 Å². The molecule has 1 aliphatic carbocycles. The van der Waals surface area contributed by atoms with Crippen LogP contribution >= 0.6 is 0 Å². The van der Waals surface area contributed by atoms with Crippen molar-refractivity contribution >= 4 is 23.4 Å². The summed E-state index contributed by atoms with van der Waals surface area (Å²) in [5.74, 6) is 1.41. The van der Waals surface area contributed by atoms with Crippen molar-refractivity contribution in [2.24, 2.45) is 0 Å². The lowest BCUT2D eigenvalue weighted by molar-refractivity contribution is 0.0601. The van der Waals surface area contributed by atoms with Gasteiger partial charge >= 0.3 is 5.97 Å². The number of carbonyl (C=O) groups is 1. The monoisotopic (exact) mass is 342 g/mol. The van der Waals surface area contributed by atoms with E-state index >= 15 is 0 Å². The van der Waals surface area contributed by atoms with Gasteiger partial charge in [-0.15, -0.1) is 0 Å². The topological polar surface area (TPSA) is 96.4 Å². The Morgan fingerprint density at radius 3 is 2.68 bits per heavy atom. The van der Waals surface area contributed by atoms with Gasteiger partial charge in [0.15, 0.2) is 0 Å².